The molecule has 5 heteroatoms. The molecule has 4 nitrogen and oxygen atoms in total. The maximum absolute atomic E-state index is 12.4. The summed E-state index contributed by atoms with van der Waals surface area (Å²) in [5.74, 6) is -0.151. The maximum atomic E-state index is 12.4. The van der Waals surface area contributed by atoms with Crippen LogP contribution >= 0.6 is 11.3 Å². The summed E-state index contributed by atoms with van der Waals surface area (Å²) in [5.41, 5.74) is 0. The highest BCUT2D eigenvalue weighted by Crippen LogP contribution is 2.18. The summed E-state index contributed by atoms with van der Waals surface area (Å²) >= 11 is 1.39. The summed E-state index contributed by atoms with van der Waals surface area (Å²) in [4.78, 5) is 25.2. The van der Waals surface area contributed by atoms with Gasteiger partial charge in [0.15, 0.2) is 0 Å². The van der Waals surface area contributed by atoms with E-state index in [9.17, 15) is 9.59 Å². The number of amides is 2. The molecule has 1 aromatic rings. The molecular formula is C16H24N2O2S. The minimum atomic E-state index is -0.471. The molecule has 2 rings (SSSR count). The van der Waals surface area contributed by atoms with Crippen molar-refractivity contribution in [3.63, 3.8) is 0 Å². The summed E-state index contributed by atoms with van der Waals surface area (Å²) < 4.78 is 0. The Morgan fingerprint density at radius 3 is 2.52 bits per heavy atom. The van der Waals surface area contributed by atoms with Crippen molar-refractivity contribution < 1.29 is 9.59 Å². The van der Waals surface area contributed by atoms with Crippen molar-refractivity contribution in [2.24, 2.45) is 5.92 Å². The lowest BCUT2D eigenvalue weighted by Crippen LogP contribution is -2.52. The highest BCUT2D eigenvalue weighted by Gasteiger charge is 2.27. The van der Waals surface area contributed by atoms with Gasteiger partial charge in [-0.15, -0.1) is 11.3 Å². The molecule has 0 bridgehead atoms. The van der Waals surface area contributed by atoms with E-state index in [0.29, 0.717) is 4.88 Å². The van der Waals surface area contributed by atoms with Gasteiger partial charge >= 0.3 is 0 Å². The smallest absolute Gasteiger partial charge is 0.262 e. The molecular weight excluding hydrogens is 284 g/mol. The minimum absolute atomic E-state index is 0.0539. The molecule has 0 saturated heterocycles. The zero-order valence-electron chi connectivity index (χ0n) is 12.7. The summed E-state index contributed by atoms with van der Waals surface area (Å²) in [6.45, 7) is 3.92. The Balaban J connectivity index is 1.94. The van der Waals surface area contributed by atoms with Gasteiger partial charge in [-0.05, 0) is 30.2 Å². The number of carbonyl (C=O) groups is 2. The van der Waals surface area contributed by atoms with Crippen molar-refractivity contribution in [3.8, 4) is 0 Å². The quantitative estimate of drug-likeness (QED) is 0.878. The van der Waals surface area contributed by atoms with Crippen molar-refractivity contribution in [1.82, 2.24) is 10.6 Å². The molecule has 21 heavy (non-hydrogen) atoms. The first-order valence-electron chi connectivity index (χ1n) is 7.72. The molecule has 1 heterocycles. The van der Waals surface area contributed by atoms with E-state index >= 15 is 0 Å². The fourth-order valence-corrected chi connectivity index (χ4v) is 3.32. The van der Waals surface area contributed by atoms with Gasteiger partial charge in [-0.25, -0.2) is 0 Å². The number of nitrogens with one attached hydrogen (secondary N) is 2. The molecule has 1 saturated carbocycles. The zero-order chi connectivity index (χ0) is 15.2. The summed E-state index contributed by atoms with van der Waals surface area (Å²) in [5, 5.41) is 7.83. The minimum Gasteiger partial charge on any atom is -0.352 e. The summed E-state index contributed by atoms with van der Waals surface area (Å²) in [6, 6.07) is 3.41. The van der Waals surface area contributed by atoms with Gasteiger partial charge in [0.2, 0.25) is 5.91 Å². The third-order valence-electron chi connectivity index (χ3n) is 3.93. The topological polar surface area (TPSA) is 58.2 Å². The Morgan fingerprint density at radius 1 is 1.24 bits per heavy atom. The van der Waals surface area contributed by atoms with E-state index in [-0.39, 0.29) is 23.8 Å². The standard InChI is InChI=1S/C16H24N2O2S/c1-11(2)14(18-15(19)13-9-6-10-21-13)16(20)17-12-7-4-3-5-8-12/h6,9-12,14H,3-5,7-8H2,1-2H3,(H,17,20)(H,18,19)/t14-/m0/s1. The Bertz CT molecular complexity index is 465. The molecule has 1 aliphatic rings. The van der Waals surface area contributed by atoms with Gasteiger partial charge in [-0.1, -0.05) is 39.2 Å². The molecule has 1 aliphatic carbocycles. The first kappa shape index (κ1) is 16.0. The van der Waals surface area contributed by atoms with Gasteiger partial charge in [0.1, 0.15) is 6.04 Å². The lowest BCUT2D eigenvalue weighted by molar-refractivity contribution is -0.124. The van der Waals surface area contributed by atoms with E-state index < -0.39 is 6.04 Å². The molecule has 0 aliphatic heterocycles. The van der Waals surface area contributed by atoms with E-state index in [0.717, 1.165) is 12.8 Å². The second-order valence-corrected chi connectivity index (χ2v) is 6.96. The Hall–Kier alpha value is -1.36. The number of hydrogen-bond acceptors (Lipinski definition) is 3. The van der Waals surface area contributed by atoms with E-state index in [1.165, 1.54) is 30.6 Å². The Labute approximate surface area is 130 Å². The average Bonchev–Trinajstić information content (AvgIpc) is 2.99. The monoisotopic (exact) mass is 308 g/mol. The van der Waals surface area contributed by atoms with Crippen LogP contribution in [0.4, 0.5) is 0 Å². The third kappa shape index (κ3) is 4.56. The zero-order valence-corrected chi connectivity index (χ0v) is 13.5. The van der Waals surface area contributed by atoms with Gasteiger partial charge < -0.3 is 10.6 Å². The van der Waals surface area contributed by atoms with E-state index in [1.54, 1.807) is 6.07 Å². The second kappa shape index (κ2) is 7.59. The van der Waals surface area contributed by atoms with E-state index in [4.69, 9.17) is 0 Å². The van der Waals surface area contributed by atoms with Gasteiger partial charge in [0.25, 0.3) is 5.91 Å². The molecule has 1 atom stereocenters. The summed E-state index contributed by atoms with van der Waals surface area (Å²) in [7, 11) is 0. The number of carbonyl (C=O) groups excluding carboxylic acids is 2. The van der Waals surface area contributed by atoms with E-state index in [2.05, 4.69) is 10.6 Å². The predicted molar refractivity (Wildman–Crippen MR) is 85.4 cm³/mol. The van der Waals surface area contributed by atoms with Crippen LogP contribution in [0.25, 0.3) is 0 Å². The first-order chi connectivity index (χ1) is 10.1. The maximum Gasteiger partial charge on any atom is 0.262 e. The van der Waals surface area contributed by atoms with Gasteiger partial charge in [-0.2, -0.15) is 0 Å². The van der Waals surface area contributed by atoms with Crippen LogP contribution in [0.2, 0.25) is 0 Å². The van der Waals surface area contributed by atoms with E-state index in [1.807, 2.05) is 25.3 Å². The van der Waals surface area contributed by atoms with Crippen LogP contribution in [0.1, 0.15) is 55.6 Å². The van der Waals surface area contributed by atoms with Gasteiger partial charge in [-0.3, -0.25) is 9.59 Å². The fourth-order valence-electron chi connectivity index (χ4n) is 2.69. The predicted octanol–water partition coefficient (Wildman–Crippen LogP) is 2.95. The average molecular weight is 308 g/mol. The van der Waals surface area contributed by atoms with Crippen molar-refractivity contribution in [3.05, 3.63) is 22.4 Å². The highest BCUT2D eigenvalue weighted by molar-refractivity contribution is 7.12. The highest BCUT2D eigenvalue weighted by atomic mass is 32.1. The number of rotatable bonds is 5. The lowest BCUT2D eigenvalue weighted by atomic mass is 9.94. The van der Waals surface area contributed by atoms with Crippen LogP contribution in [0, 0.1) is 5.92 Å². The van der Waals surface area contributed by atoms with Gasteiger partial charge in [0, 0.05) is 6.04 Å². The van der Waals surface area contributed by atoms with Crippen LogP contribution in [-0.4, -0.2) is 23.9 Å². The Kier molecular flexibility index (Phi) is 5.79. The summed E-state index contributed by atoms with van der Waals surface area (Å²) in [6.07, 6.45) is 5.72. The van der Waals surface area contributed by atoms with Crippen LogP contribution in [0.3, 0.4) is 0 Å². The molecule has 0 aromatic carbocycles. The Morgan fingerprint density at radius 2 is 1.95 bits per heavy atom. The molecule has 0 spiro atoms. The van der Waals surface area contributed by atoms with Crippen LogP contribution in [0.15, 0.2) is 17.5 Å². The fraction of sp³-hybridized carbons (Fsp3) is 0.625. The van der Waals surface area contributed by atoms with Crippen molar-refractivity contribution in [2.45, 2.75) is 58.0 Å². The van der Waals surface area contributed by atoms with Gasteiger partial charge in [0.05, 0.1) is 4.88 Å². The van der Waals surface area contributed by atoms with Crippen LogP contribution in [0.5, 0.6) is 0 Å². The molecule has 2 amide bonds. The number of thiophene rings is 1. The SMILES string of the molecule is CC(C)[C@H](NC(=O)c1cccs1)C(=O)NC1CCCCC1. The first-order valence-corrected chi connectivity index (χ1v) is 8.60. The lowest BCUT2D eigenvalue weighted by Gasteiger charge is -2.27. The normalized spacial score (nSPS) is 17.5. The van der Waals surface area contributed by atoms with Crippen molar-refractivity contribution in [2.75, 3.05) is 0 Å². The molecule has 2 N–H and O–H groups in total. The van der Waals surface area contributed by atoms with Crippen molar-refractivity contribution in [1.29, 1.82) is 0 Å². The second-order valence-electron chi connectivity index (χ2n) is 6.02. The molecule has 1 aromatic heterocycles. The van der Waals surface area contributed by atoms with Crippen LogP contribution in [-0.2, 0) is 4.79 Å². The molecule has 0 radical (unpaired) electrons. The largest absolute Gasteiger partial charge is 0.352 e. The third-order valence-corrected chi connectivity index (χ3v) is 4.80. The molecule has 0 unspecified atom stereocenters. The van der Waals surface area contributed by atoms with Crippen LogP contribution < -0.4 is 10.6 Å². The molecule has 1 fully saturated rings. The number of hydrogen-bond donors (Lipinski definition) is 2. The molecule has 116 valence electrons. The van der Waals surface area contributed by atoms with Crippen molar-refractivity contribution >= 4 is 23.2 Å².